The van der Waals surface area contributed by atoms with Crippen molar-refractivity contribution in [3.8, 4) is 5.75 Å². The molecule has 0 radical (unpaired) electrons. The van der Waals surface area contributed by atoms with Crippen LogP contribution in [0, 0.1) is 11.6 Å². The summed E-state index contributed by atoms with van der Waals surface area (Å²) < 4.78 is 32.7. The molecule has 1 unspecified atom stereocenters. The number of methoxy groups -OCH3 is 1. The molecule has 3 rings (SSSR count). The maximum absolute atomic E-state index is 14.0. The van der Waals surface area contributed by atoms with Gasteiger partial charge in [0.1, 0.15) is 5.75 Å². The summed E-state index contributed by atoms with van der Waals surface area (Å²) in [6, 6.07) is 3.24. The van der Waals surface area contributed by atoms with Crippen LogP contribution in [0.2, 0.25) is 0 Å². The highest BCUT2D eigenvalue weighted by molar-refractivity contribution is 5.85. The molecule has 1 N–H and O–H groups in total. The monoisotopic (exact) mass is 383 g/mol. The quantitative estimate of drug-likeness (QED) is 0.863. The minimum atomic E-state index is -0.813. The minimum Gasteiger partial charge on any atom is -0.496 e. The van der Waals surface area contributed by atoms with Crippen molar-refractivity contribution in [3.63, 3.8) is 0 Å². The van der Waals surface area contributed by atoms with Gasteiger partial charge in [0.2, 0.25) is 0 Å². The van der Waals surface area contributed by atoms with E-state index in [0.29, 0.717) is 23.9 Å². The van der Waals surface area contributed by atoms with Crippen molar-refractivity contribution in [1.82, 2.24) is 15.1 Å². The molecule has 2 heterocycles. The first-order valence-electron chi connectivity index (χ1n) is 7.87. The second kappa shape index (κ2) is 9.73. The van der Waals surface area contributed by atoms with E-state index in [2.05, 4.69) is 15.1 Å². The van der Waals surface area contributed by atoms with Crippen LogP contribution in [0.25, 0.3) is 0 Å². The van der Waals surface area contributed by atoms with Crippen LogP contribution < -0.4 is 10.1 Å². The van der Waals surface area contributed by atoms with Crippen molar-refractivity contribution in [3.05, 3.63) is 29.3 Å². The zero-order valence-corrected chi connectivity index (χ0v) is 15.4. The first-order valence-corrected chi connectivity index (χ1v) is 7.87. The van der Waals surface area contributed by atoms with Gasteiger partial charge in [-0.15, -0.1) is 24.8 Å². The molecule has 138 valence electrons. The van der Waals surface area contributed by atoms with E-state index in [0.717, 1.165) is 45.3 Å². The smallest absolute Gasteiger partial charge is 0.167 e. The molecule has 4 nitrogen and oxygen atoms in total. The normalized spacial score (nSPS) is 21.9. The largest absolute Gasteiger partial charge is 0.496 e. The van der Waals surface area contributed by atoms with Gasteiger partial charge in [-0.3, -0.25) is 9.80 Å². The summed E-state index contributed by atoms with van der Waals surface area (Å²) in [7, 11) is 1.49. The van der Waals surface area contributed by atoms with Gasteiger partial charge in [-0.1, -0.05) is 0 Å². The van der Waals surface area contributed by atoms with E-state index in [1.807, 2.05) is 0 Å². The number of piperazine rings is 1. The number of nitrogens with one attached hydrogen (secondary N) is 1. The zero-order chi connectivity index (χ0) is 15.5. The summed E-state index contributed by atoms with van der Waals surface area (Å²) in [6.45, 7) is 6.24. The van der Waals surface area contributed by atoms with Crippen LogP contribution in [0.15, 0.2) is 12.1 Å². The van der Waals surface area contributed by atoms with E-state index in [1.54, 1.807) is 0 Å². The average Bonchev–Trinajstić information content (AvgIpc) is 3.07. The van der Waals surface area contributed by atoms with Gasteiger partial charge < -0.3 is 10.1 Å². The third-order valence-electron chi connectivity index (χ3n) is 4.71. The second-order valence-electron chi connectivity index (χ2n) is 6.00. The molecule has 2 aliphatic rings. The first-order chi connectivity index (χ1) is 10.7. The van der Waals surface area contributed by atoms with E-state index in [9.17, 15) is 8.78 Å². The Balaban J connectivity index is 0.00000144. The van der Waals surface area contributed by atoms with Crippen molar-refractivity contribution >= 4 is 24.8 Å². The lowest BCUT2D eigenvalue weighted by Gasteiger charge is -2.38. The van der Waals surface area contributed by atoms with Crippen molar-refractivity contribution in [1.29, 1.82) is 0 Å². The zero-order valence-electron chi connectivity index (χ0n) is 13.8. The maximum Gasteiger partial charge on any atom is 0.167 e. The fourth-order valence-electron chi connectivity index (χ4n) is 3.37. The van der Waals surface area contributed by atoms with Gasteiger partial charge in [0.05, 0.1) is 7.11 Å². The summed E-state index contributed by atoms with van der Waals surface area (Å²) in [5.41, 5.74) is 0.318. The number of hydrogen-bond donors (Lipinski definition) is 1. The van der Waals surface area contributed by atoms with Crippen LogP contribution in [0.4, 0.5) is 8.78 Å². The lowest BCUT2D eigenvalue weighted by molar-refractivity contribution is 0.0966. The Hall–Kier alpha value is -0.660. The van der Waals surface area contributed by atoms with Gasteiger partial charge in [0.25, 0.3) is 0 Å². The molecular weight excluding hydrogens is 359 g/mol. The van der Waals surface area contributed by atoms with Crippen molar-refractivity contribution < 1.29 is 13.5 Å². The molecule has 24 heavy (non-hydrogen) atoms. The van der Waals surface area contributed by atoms with Crippen molar-refractivity contribution in [2.75, 3.05) is 46.4 Å². The summed E-state index contributed by atoms with van der Waals surface area (Å²) in [5, 5.41) is 3.39. The highest BCUT2D eigenvalue weighted by Gasteiger charge is 2.27. The SMILES string of the molecule is COc1ccc(F)c(F)c1CN1CCN(C2CCNC2)CC1.Cl.Cl. The van der Waals surface area contributed by atoms with Gasteiger partial charge in [-0.05, 0) is 25.1 Å². The molecule has 2 fully saturated rings. The lowest BCUT2D eigenvalue weighted by atomic mass is 10.1. The fraction of sp³-hybridized carbons (Fsp3) is 0.625. The van der Waals surface area contributed by atoms with E-state index < -0.39 is 11.6 Å². The van der Waals surface area contributed by atoms with Gasteiger partial charge in [-0.25, -0.2) is 8.78 Å². The molecule has 0 aliphatic carbocycles. The minimum absolute atomic E-state index is 0. The van der Waals surface area contributed by atoms with E-state index in [4.69, 9.17) is 4.74 Å². The van der Waals surface area contributed by atoms with Crippen LogP contribution in [0.5, 0.6) is 5.75 Å². The van der Waals surface area contributed by atoms with Gasteiger partial charge in [0, 0.05) is 50.9 Å². The van der Waals surface area contributed by atoms with Crippen LogP contribution in [0.3, 0.4) is 0 Å². The molecule has 2 saturated heterocycles. The molecule has 1 atom stereocenters. The van der Waals surface area contributed by atoms with Gasteiger partial charge >= 0.3 is 0 Å². The molecule has 1 aromatic carbocycles. The number of ether oxygens (including phenoxy) is 1. The van der Waals surface area contributed by atoms with Gasteiger partial charge in [-0.2, -0.15) is 0 Å². The molecule has 0 saturated carbocycles. The molecule has 0 amide bonds. The molecule has 0 spiro atoms. The second-order valence-corrected chi connectivity index (χ2v) is 6.00. The fourth-order valence-corrected chi connectivity index (χ4v) is 3.37. The first kappa shape index (κ1) is 21.4. The Morgan fingerprint density at radius 2 is 1.88 bits per heavy atom. The maximum atomic E-state index is 14.0. The number of hydrogen-bond acceptors (Lipinski definition) is 4. The summed E-state index contributed by atoms with van der Waals surface area (Å²) in [6.07, 6.45) is 1.20. The molecule has 8 heteroatoms. The van der Waals surface area contributed by atoms with Crippen LogP contribution >= 0.6 is 24.8 Å². The molecule has 2 aliphatic heterocycles. The Morgan fingerprint density at radius 1 is 1.17 bits per heavy atom. The molecule has 0 bridgehead atoms. The summed E-state index contributed by atoms with van der Waals surface area (Å²) >= 11 is 0. The van der Waals surface area contributed by atoms with Crippen LogP contribution in [0.1, 0.15) is 12.0 Å². The van der Waals surface area contributed by atoms with Crippen molar-refractivity contribution in [2.24, 2.45) is 0 Å². The highest BCUT2D eigenvalue weighted by atomic mass is 35.5. The van der Waals surface area contributed by atoms with Gasteiger partial charge in [0.15, 0.2) is 11.6 Å². The number of nitrogens with zero attached hydrogens (tertiary/aromatic N) is 2. The molecular formula is C16H25Cl2F2N3O. The lowest BCUT2D eigenvalue weighted by Crippen LogP contribution is -2.50. The third-order valence-corrected chi connectivity index (χ3v) is 4.71. The number of benzene rings is 1. The Morgan fingerprint density at radius 3 is 2.46 bits per heavy atom. The van der Waals surface area contributed by atoms with E-state index in [-0.39, 0.29) is 24.8 Å². The topological polar surface area (TPSA) is 27.7 Å². The van der Waals surface area contributed by atoms with E-state index in [1.165, 1.54) is 19.6 Å². The number of rotatable bonds is 4. The standard InChI is InChI=1S/C16H23F2N3O.2ClH/c1-22-15-3-2-14(17)16(18)13(15)11-20-6-8-21(9-7-20)12-4-5-19-10-12;;/h2-3,12,19H,4-11H2,1H3;2*1H. The predicted octanol–water partition coefficient (Wildman–Crippen LogP) is 2.30. The van der Waals surface area contributed by atoms with Crippen LogP contribution in [-0.2, 0) is 6.54 Å². The van der Waals surface area contributed by atoms with Crippen molar-refractivity contribution in [2.45, 2.75) is 19.0 Å². The highest BCUT2D eigenvalue weighted by Crippen LogP contribution is 2.25. The average molecular weight is 384 g/mol. The summed E-state index contributed by atoms with van der Waals surface area (Å²) in [5.74, 6) is -1.19. The Bertz CT molecular complexity index is 522. The van der Waals surface area contributed by atoms with Crippen LogP contribution in [-0.4, -0.2) is 62.2 Å². The number of halogens is 4. The summed E-state index contributed by atoms with van der Waals surface area (Å²) in [4.78, 5) is 4.66. The molecule has 0 aromatic heterocycles. The molecule has 1 aromatic rings. The van der Waals surface area contributed by atoms with E-state index >= 15 is 0 Å². The Labute approximate surface area is 154 Å². The predicted molar refractivity (Wildman–Crippen MR) is 95.5 cm³/mol. The Kier molecular flexibility index (Phi) is 8.67. The third kappa shape index (κ3) is 4.70.